The first-order chi connectivity index (χ1) is 12.0. The molecule has 2 unspecified atom stereocenters. The average molecular weight is 481 g/mol. The molecule has 1 heterocycles. The van der Waals surface area contributed by atoms with E-state index in [0.29, 0.717) is 18.0 Å². The van der Waals surface area contributed by atoms with Gasteiger partial charge in [-0.3, -0.25) is 4.99 Å². The Hall–Kier alpha value is -0.960. The number of guanidine groups is 1. The fraction of sp³-hybridized carbons (Fsp3) is 0.632. The molecule has 0 aromatic heterocycles. The van der Waals surface area contributed by atoms with Crippen LogP contribution in [0.3, 0.4) is 0 Å². The van der Waals surface area contributed by atoms with Crippen molar-refractivity contribution < 1.29 is 13.5 Å². The van der Waals surface area contributed by atoms with Crippen LogP contribution in [0.15, 0.2) is 23.2 Å². The van der Waals surface area contributed by atoms with E-state index in [4.69, 9.17) is 4.74 Å². The zero-order valence-electron chi connectivity index (χ0n) is 15.8. The first-order valence-electron chi connectivity index (χ1n) is 9.11. The number of aliphatic imine (C=N–C) groups is 1. The Labute approximate surface area is 172 Å². The molecule has 7 heteroatoms. The van der Waals surface area contributed by atoms with Crippen molar-refractivity contribution in [2.24, 2.45) is 10.9 Å². The van der Waals surface area contributed by atoms with Crippen molar-refractivity contribution in [3.05, 3.63) is 35.4 Å². The van der Waals surface area contributed by atoms with Crippen molar-refractivity contribution >= 4 is 29.9 Å². The van der Waals surface area contributed by atoms with Crippen LogP contribution in [0.2, 0.25) is 0 Å². The molecular formula is C19H30F2IN3O. The van der Waals surface area contributed by atoms with Gasteiger partial charge >= 0.3 is 0 Å². The predicted octanol–water partition coefficient (Wildman–Crippen LogP) is 4.01. The van der Waals surface area contributed by atoms with Gasteiger partial charge in [0.2, 0.25) is 0 Å². The lowest BCUT2D eigenvalue weighted by Crippen LogP contribution is -2.40. The highest BCUT2D eigenvalue weighted by Gasteiger charge is 2.25. The zero-order valence-corrected chi connectivity index (χ0v) is 18.1. The average Bonchev–Trinajstić information content (AvgIpc) is 3.05. The molecule has 0 saturated carbocycles. The third-order valence-corrected chi connectivity index (χ3v) is 4.49. The second kappa shape index (κ2) is 11.7. The number of ether oxygens (including phenoxy) is 1. The second-order valence-corrected chi connectivity index (χ2v) is 6.52. The first-order valence-corrected chi connectivity index (χ1v) is 9.11. The topological polar surface area (TPSA) is 36.9 Å². The van der Waals surface area contributed by atoms with E-state index in [2.05, 4.69) is 15.2 Å². The fourth-order valence-electron chi connectivity index (χ4n) is 3.09. The van der Waals surface area contributed by atoms with Crippen molar-refractivity contribution in [2.45, 2.75) is 33.1 Å². The van der Waals surface area contributed by atoms with Crippen molar-refractivity contribution in [3.8, 4) is 0 Å². The molecule has 1 aromatic rings. The van der Waals surface area contributed by atoms with E-state index >= 15 is 0 Å². The number of rotatable bonds is 7. The van der Waals surface area contributed by atoms with Crippen LogP contribution in [0.4, 0.5) is 8.78 Å². The van der Waals surface area contributed by atoms with Gasteiger partial charge in [-0.2, -0.15) is 0 Å². The number of nitrogens with zero attached hydrogens (tertiary/aromatic N) is 2. The normalized spacial score (nSPS) is 18.6. The molecule has 1 aliphatic rings. The molecule has 26 heavy (non-hydrogen) atoms. The van der Waals surface area contributed by atoms with Crippen LogP contribution in [-0.2, 0) is 4.74 Å². The van der Waals surface area contributed by atoms with Gasteiger partial charge in [0, 0.05) is 50.7 Å². The van der Waals surface area contributed by atoms with Gasteiger partial charge in [-0.1, -0.05) is 13.0 Å². The summed E-state index contributed by atoms with van der Waals surface area (Å²) >= 11 is 0. The van der Waals surface area contributed by atoms with Crippen LogP contribution < -0.4 is 5.32 Å². The molecule has 2 atom stereocenters. The maximum atomic E-state index is 13.9. The molecular weight excluding hydrogens is 451 g/mol. The lowest BCUT2D eigenvalue weighted by molar-refractivity contribution is 0.114. The van der Waals surface area contributed by atoms with Crippen LogP contribution in [-0.4, -0.2) is 50.3 Å². The Morgan fingerprint density at radius 1 is 1.38 bits per heavy atom. The third-order valence-electron chi connectivity index (χ3n) is 4.49. The molecule has 1 saturated heterocycles. The van der Waals surface area contributed by atoms with E-state index in [1.165, 1.54) is 12.1 Å². The summed E-state index contributed by atoms with van der Waals surface area (Å²) in [4.78, 5) is 6.92. The molecule has 1 N–H and O–H groups in total. The fourth-order valence-corrected chi connectivity index (χ4v) is 3.09. The molecule has 1 fully saturated rings. The van der Waals surface area contributed by atoms with Crippen molar-refractivity contribution in [2.75, 3.05) is 39.4 Å². The zero-order chi connectivity index (χ0) is 18.2. The van der Waals surface area contributed by atoms with E-state index in [1.54, 1.807) is 0 Å². The number of likely N-dealkylation sites (tertiary alicyclic amines) is 1. The molecule has 1 aliphatic heterocycles. The summed E-state index contributed by atoms with van der Waals surface area (Å²) < 4.78 is 32.5. The highest BCUT2D eigenvalue weighted by molar-refractivity contribution is 14.0. The van der Waals surface area contributed by atoms with Gasteiger partial charge in [-0.15, -0.1) is 24.0 Å². The molecule has 0 aliphatic carbocycles. The Bertz CT molecular complexity index is 586. The van der Waals surface area contributed by atoms with Crippen LogP contribution in [0.25, 0.3) is 0 Å². The Morgan fingerprint density at radius 3 is 2.81 bits per heavy atom. The lowest BCUT2D eigenvalue weighted by Gasteiger charge is -2.22. The number of hydrogen-bond acceptors (Lipinski definition) is 2. The summed E-state index contributed by atoms with van der Waals surface area (Å²) in [7, 11) is 0. The van der Waals surface area contributed by atoms with Gasteiger partial charge in [-0.25, -0.2) is 8.78 Å². The minimum absolute atomic E-state index is 0. The van der Waals surface area contributed by atoms with Gasteiger partial charge < -0.3 is 15.0 Å². The van der Waals surface area contributed by atoms with Gasteiger partial charge in [0.05, 0.1) is 6.61 Å². The summed E-state index contributed by atoms with van der Waals surface area (Å²) in [6.07, 6.45) is 1.09. The van der Waals surface area contributed by atoms with Crippen molar-refractivity contribution in [1.29, 1.82) is 0 Å². The van der Waals surface area contributed by atoms with E-state index in [-0.39, 0.29) is 29.9 Å². The highest BCUT2D eigenvalue weighted by atomic mass is 127. The van der Waals surface area contributed by atoms with Crippen molar-refractivity contribution in [1.82, 2.24) is 10.2 Å². The van der Waals surface area contributed by atoms with Crippen LogP contribution >= 0.6 is 24.0 Å². The van der Waals surface area contributed by atoms with Gasteiger partial charge in [-0.05, 0) is 31.9 Å². The van der Waals surface area contributed by atoms with Crippen LogP contribution in [0.1, 0.15) is 38.7 Å². The highest BCUT2D eigenvalue weighted by Crippen LogP contribution is 2.21. The molecule has 0 spiro atoms. The van der Waals surface area contributed by atoms with Crippen LogP contribution in [0, 0.1) is 17.6 Å². The lowest BCUT2D eigenvalue weighted by atomic mass is 10.0. The van der Waals surface area contributed by atoms with E-state index in [9.17, 15) is 8.78 Å². The minimum Gasteiger partial charge on any atom is -0.381 e. The third kappa shape index (κ3) is 6.64. The molecule has 0 amide bonds. The van der Waals surface area contributed by atoms with E-state index in [0.717, 1.165) is 51.3 Å². The van der Waals surface area contributed by atoms with Gasteiger partial charge in [0.15, 0.2) is 5.96 Å². The summed E-state index contributed by atoms with van der Waals surface area (Å²) in [5.41, 5.74) is 0.497. The Morgan fingerprint density at radius 2 is 2.15 bits per heavy atom. The standard InChI is InChI=1S/C19H29F2N3O.HI/c1-4-22-19(24-9-8-15(12-24)13-25-5-2)23-11-14(3)17-7-6-16(20)10-18(17)21;/h6-7,10,14-15H,4-5,8-9,11-13H2,1-3H3,(H,22,23);1H. The monoisotopic (exact) mass is 481 g/mol. The Kier molecular flexibility index (Phi) is 10.4. The number of nitrogens with one attached hydrogen (secondary N) is 1. The largest absolute Gasteiger partial charge is 0.381 e. The summed E-state index contributed by atoms with van der Waals surface area (Å²) in [6.45, 7) is 10.6. The minimum atomic E-state index is -0.553. The van der Waals surface area contributed by atoms with E-state index < -0.39 is 11.6 Å². The summed E-state index contributed by atoms with van der Waals surface area (Å²) in [5.74, 6) is 0.205. The molecule has 148 valence electrons. The number of halogens is 3. The molecule has 1 aromatic carbocycles. The maximum Gasteiger partial charge on any atom is 0.193 e. The van der Waals surface area contributed by atoms with Gasteiger partial charge in [0.1, 0.15) is 11.6 Å². The SMILES string of the molecule is CCNC(=NCC(C)c1ccc(F)cc1F)N1CCC(COCC)C1.I. The van der Waals surface area contributed by atoms with Crippen LogP contribution in [0.5, 0.6) is 0 Å². The first kappa shape index (κ1) is 23.1. The molecule has 0 bridgehead atoms. The van der Waals surface area contributed by atoms with Crippen molar-refractivity contribution in [3.63, 3.8) is 0 Å². The Balaban J connectivity index is 0.00000338. The molecule has 0 radical (unpaired) electrons. The van der Waals surface area contributed by atoms with E-state index in [1.807, 2.05) is 20.8 Å². The van der Waals surface area contributed by atoms with Gasteiger partial charge in [0.25, 0.3) is 0 Å². The maximum absolute atomic E-state index is 13.9. The predicted molar refractivity (Wildman–Crippen MR) is 112 cm³/mol. The number of benzene rings is 1. The summed E-state index contributed by atoms with van der Waals surface area (Å²) in [5, 5.41) is 3.31. The summed E-state index contributed by atoms with van der Waals surface area (Å²) in [6, 6.07) is 3.73. The molecule has 2 rings (SSSR count). The second-order valence-electron chi connectivity index (χ2n) is 6.52. The number of hydrogen-bond donors (Lipinski definition) is 1. The smallest absolute Gasteiger partial charge is 0.193 e. The molecule has 4 nitrogen and oxygen atoms in total. The quantitative estimate of drug-likeness (QED) is 0.364.